The van der Waals surface area contributed by atoms with Crippen molar-refractivity contribution < 1.29 is 13.6 Å². The van der Waals surface area contributed by atoms with Crippen LogP contribution in [0.4, 0.5) is 8.78 Å². The van der Waals surface area contributed by atoms with Crippen molar-refractivity contribution in [3.8, 4) is 11.1 Å². The quantitative estimate of drug-likeness (QED) is 0.650. The van der Waals surface area contributed by atoms with Crippen molar-refractivity contribution in [3.05, 3.63) is 45.4 Å². The molecular weight excluding hydrogens is 392 g/mol. The van der Waals surface area contributed by atoms with Gasteiger partial charge in [0.05, 0.1) is 16.8 Å². The fourth-order valence-corrected chi connectivity index (χ4v) is 5.10. The molecule has 0 saturated carbocycles. The number of H-pyrrole nitrogens is 1. The molecule has 0 unspecified atom stereocenters. The average molecular weight is 410 g/mol. The molecular formula is C19H18ClF2N3OS. The number of nitrogens with zero attached hydrogens (tertiary/aromatic N) is 1. The van der Waals surface area contributed by atoms with Gasteiger partial charge in [0.25, 0.3) is 11.8 Å². The van der Waals surface area contributed by atoms with E-state index in [4.69, 9.17) is 17.3 Å². The number of aromatic amines is 1. The van der Waals surface area contributed by atoms with Gasteiger partial charge in [-0.05, 0) is 13.0 Å². The van der Waals surface area contributed by atoms with Crippen LogP contribution in [0.25, 0.3) is 21.3 Å². The van der Waals surface area contributed by atoms with Gasteiger partial charge in [0.15, 0.2) is 0 Å². The number of halogens is 3. The van der Waals surface area contributed by atoms with Crippen LogP contribution in [0.15, 0.2) is 24.3 Å². The van der Waals surface area contributed by atoms with Crippen LogP contribution in [-0.2, 0) is 6.54 Å². The summed E-state index contributed by atoms with van der Waals surface area (Å²) in [5.41, 5.74) is 9.08. The number of fused-ring (bicyclic) bond motifs is 1. The van der Waals surface area contributed by atoms with Crippen molar-refractivity contribution in [3.63, 3.8) is 0 Å². The van der Waals surface area contributed by atoms with E-state index in [2.05, 4.69) is 4.98 Å². The molecule has 2 aromatic heterocycles. The van der Waals surface area contributed by atoms with Crippen LogP contribution < -0.4 is 5.73 Å². The number of hydrogen-bond donors (Lipinski definition) is 2. The monoisotopic (exact) mass is 409 g/mol. The molecule has 3 heterocycles. The summed E-state index contributed by atoms with van der Waals surface area (Å²) in [6.45, 7) is 2.23. The van der Waals surface area contributed by atoms with Crippen LogP contribution in [0, 0.1) is 6.92 Å². The number of benzene rings is 1. The molecule has 27 heavy (non-hydrogen) atoms. The minimum Gasteiger partial charge on any atom is -0.364 e. The summed E-state index contributed by atoms with van der Waals surface area (Å²) < 4.78 is 28.0. The van der Waals surface area contributed by atoms with Crippen LogP contribution in [0.3, 0.4) is 0 Å². The second-order valence-corrected chi connectivity index (χ2v) is 8.51. The Morgan fingerprint density at radius 3 is 2.78 bits per heavy atom. The first-order valence-electron chi connectivity index (χ1n) is 8.55. The molecule has 0 radical (unpaired) electrons. The molecule has 1 saturated heterocycles. The molecule has 3 N–H and O–H groups in total. The molecule has 8 heteroatoms. The summed E-state index contributed by atoms with van der Waals surface area (Å²) >= 11 is 7.89. The second-order valence-electron chi connectivity index (χ2n) is 6.88. The summed E-state index contributed by atoms with van der Waals surface area (Å²) in [6, 6.07) is 7.48. The van der Waals surface area contributed by atoms with E-state index < -0.39 is 11.8 Å². The third-order valence-electron chi connectivity index (χ3n) is 4.93. The number of carbonyl (C=O) groups is 1. The number of likely N-dealkylation sites (tertiary alicyclic amines) is 1. The van der Waals surface area contributed by atoms with Gasteiger partial charge in [0, 0.05) is 46.1 Å². The summed E-state index contributed by atoms with van der Waals surface area (Å²) in [6.07, 6.45) is -0.166. The Hall–Kier alpha value is -1.96. The lowest BCUT2D eigenvalue weighted by Gasteiger charge is -2.15. The van der Waals surface area contributed by atoms with Crippen LogP contribution in [0.1, 0.15) is 27.3 Å². The van der Waals surface area contributed by atoms with Gasteiger partial charge in [-0.15, -0.1) is 11.3 Å². The van der Waals surface area contributed by atoms with Gasteiger partial charge in [-0.1, -0.05) is 29.8 Å². The highest BCUT2D eigenvalue weighted by molar-refractivity contribution is 7.19. The highest BCUT2D eigenvalue weighted by atomic mass is 35.5. The molecule has 4 rings (SSSR count). The normalized spacial score (nSPS) is 17.0. The van der Waals surface area contributed by atoms with E-state index in [1.807, 2.05) is 31.2 Å². The maximum Gasteiger partial charge on any atom is 0.265 e. The molecule has 1 aliphatic rings. The predicted octanol–water partition coefficient (Wildman–Crippen LogP) is 4.80. The van der Waals surface area contributed by atoms with E-state index >= 15 is 0 Å². The fourth-order valence-electron chi connectivity index (χ4n) is 3.71. The first kappa shape index (κ1) is 18.4. The molecule has 142 valence electrons. The lowest BCUT2D eigenvalue weighted by Crippen LogP contribution is -2.26. The topological polar surface area (TPSA) is 62.1 Å². The summed E-state index contributed by atoms with van der Waals surface area (Å²) in [5, 5.41) is 0.608. The lowest BCUT2D eigenvalue weighted by atomic mass is 10.1. The standard InChI is InChI=1S/C19H18ClF2N3OS/c1-10-14(11-4-2-3-5-13(11)20)16-17(27-10)12(15(24-16)18(23)26)8-25-7-6-19(21,22)9-25/h2-5,24H,6-9H2,1H3,(H2,23,26). The van der Waals surface area contributed by atoms with Gasteiger partial charge in [-0.25, -0.2) is 8.78 Å². The molecule has 0 aliphatic carbocycles. The Morgan fingerprint density at radius 1 is 1.41 bits per heavy atom. The maximum atomic E-state index is 13.6. The van der Waals surface area contributed by atoms with E-state index in [-0.39, 0.29) is 25.2 Å². The number of thiophene rings is 1. The third-order valence-corrected chi connectivity index (χ3v) is 6.42. The van der Waals surface area contributed by atoms with Gasteiger partial charge in [0.1, 0.15) is 5.69 Å². The molecule has 1 aromatic carbocycles. The van der Waals surface area contributed by atoms with Crippen molar-refractivity contribution >= 4 is 39.1 Å². The number of primary amides is 1. The highest BCUT2D eigenvalue weighted by Crippen LogP contribution is 2.43. The van der Waals surface area contributed by atoms with Crippen molar-refractivity contribution in [2.75, 3.05) is 13.1 Å². The van der Waals surface area contributed by atoms with Crippen molar-refractivity contribution in [1.82, 2.24) is 9.88 Å². The van der Waals surface area contributed by atoms with E-state index in [0.29, 0.717) is 17.1 Å². The smallest absolute Gasteiger partial charge is 0.265 e. The average Bonchev–Trinajstić information content (AvgIpc) is 3.21. The van der Waals surface area contributed by atoms with Crippen LogP contribution in [0.5, 0.6) is 0 Å². The second kappa shape index (κ2) is 6.58. The molecule has 1 amide bonds. The largest absolute Gasteiger partial charge is 0.364 e. The molecule has 0 bridgehead atoms. The number of carbonyl (C=O) groups excluding carboxylic acids is 1. The number of aromatic nitrogens is 1. The minimum atomic E-state index is -2.68. The molecule has 1 fully saturated rings. The highest BCUT2D eigenvalue weighted by Gasteiger charge is 2.38. The maximum absolute atomic E-state index is 13.6. The zero-order valence-electron chi connectivity index (χ0n) is 14.6. The van der Waals surface area contributed by atoms with E-state index in [9.17, 15) is 13.6 Å². The zero-order valence-corrected chi connectivity index (χ0v) is 16.2. The van der Waals surface area contributed by atoms with E-state index in [1.165, 1.54) is 11.3 Å². The molecule has 0 atom stereocenters. The SMILES string of the molecule is Cc1sc2c(CN3CCC(F)(F)C3)c(C(N)=O)[nH]c2c1-c1ccccc1Cl. The molecule has 1 aliphatic heterocycles. The lowest BCUT2D eigenvalue weighted by molar-refractivity contribution is 0.0115. The van der Waals surface area contributed by atoms with Crippen molar-refractivity contribution in [2.24, 2.45) is 5.73 Å². The number of aryl methyl sites for hydroxylation is 1. The van der Waals surface area contributed by atoms with Gasteiger partial charge in [-0.2, -0.15) is 0 Å². The summed E-state index contributed by atoms with van der Waals surface area (Å²) in [4.78, 5) is 17.8. The number of nitrogens with two attached hydrogens (primary N) is 1. The third kappa shape index (κ3) is 3.24. The van der Waals surface area contributed by atoms with E-state index in [1.54, 1.807) is 4.90 Å². The Labute approximate surface area is 163 Å². The Kier molecular flexibility index (Phi) is 4.49. The van der Waals surface area contributed by atoms with Gasteiger partial charge >= 0.3 is 0 Å². The predicted molar refractivity (Wildman–Crippen MR) is 105 cm³/mol. The number of rotatable bonds is 4. The summed E-state index contributed by atoms with van der Waals surface area (Å²) in [5.74, 6) is -3.28. The number of nitrogens with one attached hydrogen (secondary N) is 1. The Morgan fingerprint density at radius 2 is 2.15 bits per heavy atom. The number of hydrogen-bond acceptors (Lipinski definition) is 3. The number of alkyl halides is 2. The van der Waals surface area contributed by atoms with Crippen LogP contribution >= 0.6 is 22.9 Å². The zero-order chi connectivity index (χ0) is 19.3. The van der Waals surface area contributed by atoms with Crippen molar-refractivity contribution in [2.45, 2.75) is 25.8 Å². The van der Waals surface area contributed by atoms with Gasteiger partial charge in [0.2, 0.25) is 0 Å². The minimum absolute atomic E-state index is 0.166. The summed E-state index contributed by atoms with van der Waals surface area (Å²) in [7, 11) is 0. The Balaban J connectivity index is 1.84. The first-order valence-corrected chi connectivity index (χ1v) is 9.75. The Bertz CT molecular complexity index is 1040. The molecule has 0 spiro atoms. The first-order chi connectivity index (χ1) is 12.8. The van der Waals surface area contributed by atoms with Crippen LogP contribution in [0.2, 0.25) is 5.02 Å². The van der Waals surface area contributed by atoms with Gasteiger partial charge in [-0.3, -0.25) is 9.69 Å². The molecule has 3 aromatic rings. The van der Waals surface area contributed by atoms with Crippen LogP contribution in [-0.4, -0.2) is 34.8 Å². The number of amides is 1. The fraction of sp³-hybridized carbons (Fsp3) is 0.316. The van der Waals surface area contributed by atoms with Gasteiger partial charge < -0.3 is 10.7 Å². The molecule has 4 nitrogen and oxygen atoms in total. The van der Waals surface area contributed by atoms with Crippen molar-refractivity contribution in [1.29, 1.82) is 0 Å². The van der Waals surface area contributed by atoms with E-state index in [0.717, 1.165) is 26.2 Å².